The van der Waals surface area contributed by atoms with Gasteiger partial charge in [0.15, 0.2) is 11.0 Å². The van der Waals surface area contributed by atoms with Gasteiger partial charge in [0.1, 0.15) is 0 Å². The second-order valence-electron chi connectivity index (χ2n) is 5.52. The quantitative estimate of drug-likeness (QED) is 0.805. The first-order valence-corrected chi connectivity index (χ1v) is 8.33. The van der Waals surface area contributed by atoms with E-state index in [9.17, 15) is 4.79 Å². The van der Waals surface area contributed by atoms with Crippen LogP contribution in [0.1, 0.15) is 12.8 Å². The molecular weight excluding hydrogens is 298 g/mol. The number of carbonyl (C=O) groups excluding carboxylic acids is 1. The van der Waals surface area contributed by atoms with Gasteiger partial charge >= 0.3 is 0 Å². The smallest absolute Gasteiger partial charge is 0.226 e. The Morgan fingerprint density at radius 2 is 2.23 bits per heavy atom. The molecule has 1 saturated heterocycles. The summed E-state index contributed by atoms with van der Waals surface area (Å²) >= 11 is 1.60. The Morgan fingerprint density at radius 1 is 1.36 bits per heavy atom. The van der Waals surface area contributed by atoms with Gasteiger partial charge in [-0.2, -0.15) is 0 Å². The van der Waals surface area contributed by atoms with Gasteiger partial charge in [-0.1, -0.05) is 11.8 Å². The predicted octanol–water partition coefficient (Wildman–Crippen LogP) is 1.84. The van der Waals surface area contributed by atoms with E-state index >= 15 is 0 Å². The number of aromatic nitrogens is 4. The van der Waals surface area contributed by atoms with Crippen LogP contribution in [0.2, 0.25) is 0 Å². The van der Waals surface area contributed by atoms with Crippen LogP contribution in [-0.4, -0.2) is 49.9 Å². The average molecular weight is 317 g/mol. The van der Waals surface area contributed by atoms with Crippen LogP contribution in [0.4, 0.5) is 0 Å². The van der Waals surface area contributed by atoms with Gasteiger partial charge in [-0.15, -0.1) is 10.2 Å². The van der Waals surface area contributed by atoms with Crippen LogP contribution in [0.5, 0.6) is 0 Å². The van der Waals surface area contributed by atoms with Gasteiger partial charge in [0.25, 0.3) is 0 Å². The lowest BCUT2D eigenvalue weighted by Gasteiger charge is -2.28. The number of amides is 1. The van der Waals surface area contributed by atoms with Crippen molar-refractivity contribution in [2.24, 2.45) is 13.0 Å². The molecule has 0 bridgehead atoms. The van der Waals surface area contributed by atoms with E-state index in [2.05, 4.69) is 15.2 Å². The van der Waals surface area contributed by atoms with Crippen LogP contribution in [-0.2, 0) is 11.8 Å². The summed E-state index contributed by atoms with van der Waals surface area (Å²) in [6, 6.07) is 3.85. The van der Waals surface area contributed by atoms with Crippen molar-refractivity contribution in [1.29, 1.82) is 0 Å². The van der Waals surface area contributed by atoms with Gasteiger partial charge in [0, 0.05) is 50.3 Å². The topological polar surface area (TPSA) is 63.9 Å². The Morgan fingerprint density at radius 3 is 3.00 bits per heavy atom. The van der Waals surface area contributed by atoms with Crippen molar-refractivity contribution >= 4 is 17.7 Å². The fourth-order valence-corrected chi connectivity index (χ4v) is 3.68. The van der Waals surface area contributed by atoms with Crippen LogP contribution < -0.4 is 0 Å². The van der Waals surface area contributed by atoms with Gasteiger partial charge in [-0.25, -0.2) is 0 Å². The number of carbonyl (C=O) groups is 1. The number of thioether (sulfide) groups is 1. The molecule has 0 aromatic carbocycles. The zero-order chi connectivity index (χ0) is 15.5. The zero-order valence-corrected chi connectivity index (χ0v) is 13.6. The monoisotopic (exact) mass is 317 g/mol. The highest BCUT2D eigenvalue weighted by atomic mass is 32.2. The fraction of sp³-hybridized carbons (Fsp3) is 0.467. The van der Waals surface area contributed by atoms with E-state index in [0.29, 0.717) is 0 Å². The maximum atomic E-state index is 12.1. The summed E-state index contributed by atoms with van der Waals surface area (Å²) in [4.78, 5) is 18.1. The van der Waals surface area contributed by atoms with Crippen molar-refractivity contribution in [2.45, 2.75) is 18.0 Å². The molecule has 2 aromatic heterocycles. The molecule has 0 unspecified atom stereocenters. The van der Waals surface area contributed by atoms with E-state index < -0.39 is 0 Å². The van der Waals surface area contributed by atoms with Crippen LogP contribution in [0, 0.1) is 5.92 Å². The number of piperidine rings is 1. The Kier molecular flexibility index (Phi) is 4.42. The first kappa shape index (κ1) is 15.0. The zero-order valence-electron chi connectivity index (χ0n) is 12.8. The van der Waals surface area contributed by atoms with E-state index in [1.807, 2.05) is 35.7 Å². The summed E-state index contributed by atoms with van der Waals surface area (Å²) in [5.41, 5.74) is 0.942. The summed E-state index contributed by atoms with van der Waals surface area (Å²) in [7, 11) is 3.82. The summed E-state index contributed by atoms with van der Waals surface area (Å²) in [6.07, 6.45) is 5.55. The maximum absolute atomic E-state index is 12.1. The van der Waals surface area contributed by atoms with Crippen molar-refractivity contribution in [2.75, 3.05) is 19.3 Å². The molecule has 0 spiro atoms. The van der Waals surface area contributed by atoms with E-state index in [1.54, 1.807) is 24.2 Å². The number of hydrogen-bond donors (Lipinski definition) is 0. The Bertz CT molecular complexity index is 657. The third-order valence-electron chi connectivity index (χ3n) is 3.94. The number of rotatable bonds is 4. The normalized spacial score (nSPS) is 18.7. The molecule has 0 N–H and O–H groups in total. The molecule has 22 heavy (non-hydrogen) atoms. The Labute approximate surface area is 133 Å². The molecule has 3 heterocycles. The molecule has 1 fully saturated rings. The largest absolute Gasteiger partial charge is 0.345 e. The fourth-order valence-electron chi connectivity index (χ4n) is 2.64. The number of hydrogen-bond acceptors (Lipinski definition) is 5. The van der Waals surface area contributed by atoms with Crippen LogP contribution in [0.3, 0.4) is 0 Å². The first-order chi connectivity index (χ1) is 10.7. The van der Waals surface area contributed by atoms with Gasteiger partial charge in [0.05, 0.1) is 0 Å². The third-order valence-corrected chi connectivity index (χ3v) is 5.12. The molecular formula is C15H19N5OS. The lowest BCUT2D eigenvalue weighted by molar-refractivity contribution is -0.135. The predicted molar refractivity (Wildman–Crippen MR) is 85.3 cm³/mol. The van der Waals surface area contributed by atoms with Crippen molar-refractivity contribution in [3.63, 3.8) is 0 Å². The highest BCUT2D eigenvalue weighted by molar-refractivity contribution is 7.99. The molecule has 0 radical (unpaired) electrons. The van der Waals surface area contributed by atoms with Crippen LogP contribution in [0.15, 0.2) is 29.7 Å². The molecule has 0 saturated carbocycles. The second-order valence-corrected chi connectivity index (χ2v) is 6.50. The van der Waals surface area contributed by atoms with Crippen molar-refractivity contribution in [1.82, 2.24) is 24.6 Å². The molecule has 1 atom stereocenters. The Hall–Kier alpha value is -1.89. The minimum atomic E-state index is 0.0855. The van der Waals surface area contributed by atoms with E-state index in [4.69, 9.17) is 0 Å². The molecule has 1 aliphatic heterocycles. The molecule has 7 heteroatoms. The lowest BCUT2D eigenvalue weighted by Crippen LogP contribution is -2.39. The SMILES string of the molecule is CN1CCC[C@H](CSc2nnc(-c3cccnc3)n2C)C1=O. The second kappa shape index (κ2) is 6.48. The summed E-state index contributed by atoms with van der Waals surface area (Å²) < 4.78 is 1.96. The lowest BCUT2D eigenvalue weighted by atomic mass is 10.00. The molecule has 2 aromatic rings. The number of pyridine rings is 1. The minimum absolute atomic E-state index is 0.0855. The molecule has 1 amide bonds. The molecule has 1 aliphatic rings. The highest BCUT2D eigenvalue weighted by Gasteiger charge is 2.27. The Balaban J connectivity index is 1.69. The third kappa shape index (κ3) is 2.99. The van der Waals surface area contributed by atoms with E-state index in [0.717, 1.165) is 41.7 Å². The number of likely N-dealkylation sites (tertiary alicyclic amines) is 1. The van der Waals surface area contributed by atoms with Gasteiger partial charge in [0.2, 0.25) is 5.91 Å². The summed E-state index contributed by atoms with van der Waals surface area (Å²) in [6.45, 7) is 0.870. The first-order valence-electron chi connectivity index (χ1n) is 7.34. The van der Waals surface area contributed by atoms with Crippen molar-refractivity contribution < 1.29 is 4.79 Å². The summed E-state index contributed by atoms with van der Waals surface area (Å²) in [5, 5.41) is 9.32. The van der Waals surface area contributed by atoms with Crippen LogP contribution >= 0.6 is 11.8 Å². The number of nitrogens with zero attached hydrogens (tertiary/aromatic N) is 5. The summed E-state index contributed by atoms with van der Waals surface area (Å²) in [5.74, 6) is 1.88. The average Bonchev–Trinajstić information content (AvgIpc) is 2.91. The standard InChI is InChI=1S/C15H19N5OS/c1-19-8-4-6-12(14(19)21)10-22-15-18-17-13(20(15)2)11-5-3-7-16-9-11/h3,5,7,9,12H,4,6,8,10H2,1-2H3/t12-/m1/s1. The van der Waals surface area contributed by atoms with E-state index in [1.165, 1.54) is 0 Å². The molecule has 3 rings (SSSR count). The van der Waals surface area contributed by atoms with Gasteiger partial charge < -0.3 is 9.47 Å². The van der Waals surface area contributed by atoms with Crippen molar-refractivity contribution in [3.8, 4) is 11.4 Å². The molecule has 116 valence electrons. The van der Waals surface area contributed by atoms with Gasteiger partial charge in [-0.3, -0.25) is 9.78 Å². The minimum Gasteiger partial charge on any atom is -0.345 e. The maximum Gasteiger partial charge on any atom is 0.226 e. The van der Waals surface area contributed by atoms with Crippen molar-refractivity contribution in [3.05, 3.63) is 24.5 Å². The molecule has 6 nitrogen and oxygen atoms in total. The molecule has 0 aliphatic carbocycles. The highest BCUT2D eigenvalue weighted by Crippen LogP contribution is 2.27. The van der Waals surface area contributed by atoms with Crippen LogP contribution in [0.25, 0.3) is 11.4 Å². The van der Waals surface area contributed by atoms with Gasteiger partial charge in [-0.05, 0) is 25.0 Å². The van der Waals surface area contributed by atoms with E-state index in [-0.39, 0.29) is 11.8 Å².